The lowest BCUT2D eigenvalue weighted by Gasteiger charge is -2.17. The fraction of sp³-hybridized carbons (Fsp3) is 0.176. The van der Waals surface area contributed by atoms with Crippen LogP contribution in [-0.4, -0.2) is 64.8 Å². The van der Waals surface area contributed by atoms with Gasteiger partial charge in [-0.15, -0.1) is 0 Å². The summed E-state index contributed by atoms with van der Waals surface area (Å²) in [5.74, 6) is -1.42. The van der Waals surface area contributed by atoms with Crippen LogP contribution in [-0.2, 0) is 45.7 Å². The minimum Gasteiger partial charge on any atom is -0.504 e. The van der Waals surface area contributed by atoms with E-state index in [1.54, 1.807) is 42.5 Å². The molecule has 284 valence electrons. The molecule has 0 radical (unpaired) electrons. The van der Waals surface area contributed by atoms with Gasteiger partial charge in [0.15, 0.2) is 23.0 Å². The summed E-state index contributed by atoms with van der Waals surface area (Å²) in [5.41, 5.74) is 1.87. The van der Waals surface area contributed by atoms with Crippen LogP contribution >= 0.6 is 63.7 Å². The van der Waals surface area contributed by atoms with E-state index in [0.29, 0.717) is 48.7 Å². The topological polar surface area (TPSA) is 226 Å². The van der Waals surface area contributed by atoms with E-state index in [4.69, 9.17) is 13.7 Å². The quantitative estimate of drug-likeness (QED) is 0.0682. The summed E-state index contributed by atoms with van der Waals surface area (Å²) < 4.78 is 51.1. The third-order valence-corrected chi connectivity index (χ3v) is 10.4. The van der Waals surface area contributed by atoms with Gasteiger partial charge in [-0.3, -0.25) is 14.1 Å². The zero-order chi connectivity index (χ0) is 39.2. The van der Waals surface area contributed by atoms with E-state index in [9.17, 15) is 38.1 Å². The molecule has 0 atom stereocenters. The summed E-state index contributed by atoms with van der Waals surface area (Å²) in [7, 11) is -5.04. The number of hydrogen-bond donors (Lipinski definition) is 6. The second-order valence-corrected chi connectivity index (χ2v) is 16.0. The number of nitrogens with one attached hydrogen (secondary N) is 2. The zero-order valence-corrected chi connectivity index (χ0v) is 34.6. The molecule has 0 aromatic heterocycles. The van der Waals surface area contributed by atoms with Crippen molar-refractivity contribution in [1.82, 2.24) is 10.6 Å². The molecule has 0 unspecified atom stereocenters. The maximum absolute atomic E-state index is 13.1. The summed E-state index contributed by atoms with van der Waals surface area (Å²) in [6, 6.07) is 15.9. The first kappa shape index (κ1) is 41.0. The number of amides is 2. The number of oxime groups is 2. The monoisotopic (exact) mass is 1020 g/mol. The molecule has 3 aliphatic heterocycles. The van der Waals surface area contributed by atoms with E-state index < -0.39 is 28.0 Å². The smallest absolute Gasteiger partial charge is 0.446 e. The van der Waals surface area contributed by atoms with Gasteiger partial charge in [0.2, 0.25) is 5.75 Å². The minimum atomic E-state index is -5.04. The number of fused-ring (bicyclic) bond motifs is 2. The fourth-order valence-electron chi connectivity index (χ4n) is 5.16. The number of rotatable bonds is 2. The van der Waals surface area contributed by atoms with Crippen molar-refractivity contribution in [2.24, 2.45) is 10.3 Å². The predicted octanol–water partition coefficient (Wildman–Crippen LogP) is 6.99. The third kappa shape index (κ3) is 10.7. The highest BCUT2D eigenvalue weighted by Gasteiger charge is 2.24. The standard InChI is InChI=1S/C34H28Br4N4O11S/c35-21-9-17-2-4-28(21)51-29-15-18(1-3-27(29)43)6-8-40-34(45)26(42-47)14-20-12-24(38)32(53-54(48,49)50)30(16-20)52-31-22(36)10-19(11-23(31)37)13-25(41-46)33(44)39-7-5-17/h1-4,9-12,15-16,43,46-47H,5-8,13-14H2,(H,39,44)(H,40,45)(H,48,49,50). The molecule has 4 aromatic rings. The van der Waals surface area contributed by atoms with Crippen molar-refractivity contribution >= 4 is 97.4 Å². The Hall–Kier alpha value is -4.21. The van der Waals surface area contributed by atoms with Gasteiger partial charge in [-0.2, -0.15) is 8.42 Å². The molecule has 0 fully saturated rings. The molecule has 6 N–H and O–H groups in total. The Morgan fingerprint density at radius 2 is 1.15 bits per heavy atom. The van der Waals surface area contributed by atoms with Crippen LogP contribution < -0.4 is 24.3 Å². The summed E-state index contributed by atoms with van der Waals surface area (Å²) in [4.78, 5) is 26.1. The molecule has 7 rings (SSSR count). The van der Waals surface area contributed by atoms with Crippen LogP contribution in [0.25, 0.3) is 0 Å². The van der Waals surface area contributed by atoms with Crippen LogP contribution in [0.1, 0.15) is 22.3 Å². The summed E-state index contributed by atoms with van der Waals surface area (Å²) in [6.45, 7) is 0.318. The normalized spacial score (nSPS) is 16.2. The Labute approximate surface area is 341 Å². The van der Waals surface area contributed by atoms with Crippen molar-refractivity contribution in [3.8, 4) is 34.5 Å². The van der Waals surface area contributed by atoms with E-state index in [0.717, 1.165) is 5.56 Å². The highest BCUT2D eigenvalue weighted by atomic mass is 79.9. The summed E-state index contributed by atoms with van der Waals surface area (Å²) in [5, 5.41) is 41.7. The van der Waals surface area contributed by atoms with Crippen LogP contribution in [0.5, 0.6) is 34.5 Å². The van der Waals surface area contributed by atoms with Crippen LogP contribution in [0.15, 0.2) is 88.9 Å². The first-order valence-electron chi connectivity index (χ1n) is 15.6. The van der Waals surface area contributed by atoms with Crippen molar-refractivity contribution in [3.05, 3.63) is 101 Å². The summed E-state index contributed by atoms with van der Waals surface area (Å²) in [6.07, 6.45) is 0.363. The van der Waals surface area contributed by atoms with Crippen molar-refractivity contribution < 1.29 is 51.7 Å². The van der Waals surface area contributed by atoms with Crippen molar-refractivity contribution in [2.75, 3.05) is 13.1 Å². The first-order valence-corrected chi connectivity index (χ1v) is 20.1. The predicted molar refractivity (Wildman–Crippen MR) is 210 cm³/mol. The molecule has 20 heteroatoms. The average molecular weight is 1020 g/mol. The molecular formula is C34H28Br4N4O11S. The number of ether oxygens (including phenoxy) is 2. The van der Waals surface area contributed by atoms with E-state index >= 15 is 0 Å². The molecule has 54 heavy (non-hydrogen) atoms. The Kier molecular flexibility index (Phi) is 13.6. The maximum atomic E-state index is 13.1. The largest absolute Gasteiger partial charge is 0.504 e. The highest BCUT2D eigenvalue weighted by molar-refractivity contribution is 9.11. The number of hydrogen-bond acceptors (Lipinski definition) is 12. The van der Waals surface area contributed by atoms with Gasteiger partial charge in [0.25, 0.3) is 11.8 Å². The lowest BCUT2D eigenvalue weighted by molar-refractivity contribution is -0.115. The first-order chi connectivity index (χ1) is 25.6. The van der Waals surface area contributed by atoms with Gasteiger partial charge in [0.1, 0.15) is 17.2 Å². The van der Waals surface area contributed by atoms with Crippen molar-refractivity contribution in [2.45, 2.75) is 25.7 Å². The van der Waals surface area contributed by atoms with Gasteiger partial charge in [-0.05, 0) is 147 Å². The van der Waals surface area contributed by atoms with Gasteiger partial charge >= 0.3 is 10.4 Å². The molecule has 3 aliphatic rings. The molecule has 4 aromatic carbocycles. The van der Waals surface area contributed by atoms with Crippen LogP contribution in [0, 0.1) is 0 Å². The van der Waals surface area contributed by atoms with Gasteiger partial charge in [-0.1, -0.05) is 22.4 Å². The number of benzene rings is 4. The maximum Gasteiger partial charge on any atom is 0.446 e. The van der Waals surface area contributed by atoms with Gasteiger partial charge < -0.3 is 39.8 Å². The lowest BCUT2D eigenvalue weighted by atomic mass is 10.1. The van der Waals surface area contributed by atoms with E-state index in [-0.39, 0.29) is 64.8 Å². The number of aromatic hydroxyl groups is 1. The molecule has 0 aliphatic carbocycles. The second-order valence-electron chi connectivity index (χ2n) is 11.5. The highest BCUT2D eigenvalue weighted by Crippen LogP contribution is 2.45. The molecule has 8 bridgehead atoms. The Morgan fingerprint density at radius 1 is 0.648 bits per heavy atom. The molecule has 0 saturated heterocycles. The van der Waals surface area contributed by atoms with Crippen molar-refractivity contribution in [3.63, 3.8) is 0 Å². The van der Waals surface area contributed by atoms with Crippen LogP contribution in [0.2, 0.25) is 0 Å². The Morgan fingerprint density at radius 3 is 1.70 bits per heavy atom. The number of halogens is 4. The lowest BCUT2D eigenvalue weighted by Crippen LogP contribution is -2.33. The molecule has 3 heterocycles. The van der Waals surface area contributed by atoms with E-state index in [2.05, 4.69) is 84.7 Å². The molecule has 2 amide bonds. The number of phenols is 1. The molecule has 0 spiro atoms. The Bertz CT molecular complexity index is 2260. The molecule has 15 nitrogen and oxygen atoms in total. The van der Waals surface area contributed by atoms with Crippen LogP contribution in [0.3, 0.4) is 0 Å². The summed E-state index contributed by atoms with van der Waals surface area (Å²) >= 11 is 13.5. The van der Waals surface area contributed by atoms with E-state index in [1.165, 1.54) is 18.2 Å². The SMILES string of the molecule is O=C1NCCc2ccc(c(Br)c2)Oc2cc(ccc2O)CCNC(=O)C(=NO)Cc2cc(Br)c(OS(=O)(=O)O)c(c2)Oc2c(Br)cc(cc2Br)CC1=NO. The minimum absolute atomic E-state index is 0.00295. The fourth-order valence-corrected chi connectivity index (χ4v) is 8.17. The number of nitrogens with zero attached hydrogens (tertiary/aromatic N) is 2. The molecule has 0 saturated carbocycles. The zero-order valence-electron chi connectivity index (χ0n) is 27.5. The number of carbonyl (C=O) groups excluding carboxylic acids is 2. The van der Waals surface area contributed by atoms with Gasteiger partial charge in [0.05, 0.1) is 17.9 Å². The average Bonchev–Trinajstić information content (AvgIpc) is 3.10. The number of carbonyl (C=O) groups is 2. The second kappa shape index (κ2) is 17.9. The van der Waals surface area contributed by atoms with Gasteiger partial charge in [0, 0.05) is 25.9 Å². The van der Waals surface area contributed by atoms with Crippen LogP contribution in [0.4, 0.5) is 0 Å². The number of phenolic OH excluding ortho intramolecular Hbond substituents is 1. The van der Waals surface area contributed by atoms with E-state index in [1.807, 2.05) is 0 Å². The third-order valence-electron chi connectivity index (χ3n) is 7.68. The molecular weight excluding hydrogens is 992 g/mol. The Balaban J connectivity index is 1.51. The van der Waals surface area contributed by atoms with Gasteiger partial charge in [-0.25, -0.2) is 0 Å². The van der Waals surface area contributed by atoms with Crippen molar-refractivity contribution in [1.29, 1.82) is 0 Å².